The Labute approximate surface area is 194 Å². The zero-order valence-electron chi connectivity index (χ0n) is 18.5. The first-order chi connectivity index (χ1) is 15.1. The Balaban J connectivity index is 1.66. The summed E-state index contributed by atoms with van der Waals surface area (Å²) in [6, 6.07) is 12.4. The summed E-state index contributed by atoms with van der Waals surface area (Å²) >= 11 is 3.56. The molecule has 0 aromatic heterocycles. The lowest BCUT2D eigenvalue weighted by Crippen LogP contribution is -1.98. The van der Waals surface area contributed by atoms with Gasteiger partial charge in [0, 0.05) is 6.21 Å². The quantitative estimate of drug-likeness (QED) is 0.203. The number of unbranched alkanes of at least 4 members (excludes halogenated alkanes) is 9. The van der Waals surface area contributed by atoms with Crippen LogP contribution in [-0.4, -0.2) is 23.9 Å². The fraction of sp³-hybridized carbons (Fsp3) is 0.462. The Kier molecular flexibility index (Phi) is 12.0. The minimum Gasteiger partial charge on any atom is -0.492 e. The number of hydrogen-bond donors (Lipinski definition) is 1. The van der Waals surface area contributed by atoms with Crippen molar-refractivity contribution in [2.24, 2.45) is 4.99 Å². The van der Waals surface area contributed by atoms with E-state index in [1.165, 1.54) is 57.8 Å². The monoisotopic (exact) mass is 487 g/mol. The molecule has 0 atom stereocenters. The van der Waals surface area contributed by atoms with E-state index < -0.39 is 5.97 Å². The lowest BCUT2D eigenvalue weighted by Gasteiger charge is -2.09. The fourth-order valence-electron chi connectivity index (χ4n) is 3.32. The van der Waals surface area contributed by atoms with E-state index in [0.717, 1.165) is 34.5 Å². The number of aliphatic imine (C=N–C) groups is 1. The topological polar surface area (TPSA) is 58.9 Å². The van der Waals surface area contributed by atoms with Gasteiger partial charge in [0.15, 0.2) is 0 Å². The number of carboxylic acids is 1. The Bertz CT molecular complexity index is 818. The SMILES string of the molecule is CCCCCCCCCCCCOc1ccc(N=Cc2ccc(C(=O)O)cc2)cc1Br. The number of rotatable bonds is 15. The van der Waals surface area contributed by atoms with E-state index in [9.17, 15) is 4.79 Å². The molecule has 5 heteroatoms. The summed E-state index contributed by atoms with van der Waals surface area (Å²) in [6.45, 7) is 2.99. The maximum atomic E-state index is 10.9. The number of hydrogen-bond acceptors (Lipinski definition) is 3. The van der Waals surface area contributed by atoms with Crippen LogP contribution in [0.5, 0.6) is 5.75 Å². The minimum absolute atomic E-state index is 0.267. The highest BCUT2D eigenvalue weighted by molar-refractivity contribution is 9.10. The van der Waals surface area contributed by atoms with Gasteiger partial charge in [0.05, 0.1) is 22.3 Å². The van der Waals surface area contributed by atoms with Crippen LogP contribution in [0.25, 0.3) is 0 Å². The zero-order chi connectivity index (χ0) is 22.3. The Hall–Kier alpha value is -2.14. The molecule has 4 nitrogen and oxygen atoms in total. The lowest BCUT2D eigenvalue weighted by molar-refractivity contribution is 0.0697. The molecule has 0 saturated heterocycles. The van der Waals surface area contributed by atoms with Crippen molar-refractivity contribution in [2.75, 3.05) is 6.61 Å². The number of aromatic carboxylic acids is 1. The molecule has 0 aliphatic heterocycles. The Morgan fingerprint density at radius 2 is 1.55 bits per heavy atom. The molecule has 168 valence electrons. The van der Waals surface area contributed by atoms with Crippen molar-refractivity contribution in [3.63, 3.8) is 0 Å². The summed E-state index contributed by atoms with van der Waals surface area (Å²) in [4.78, 5) is 15.4. The third-order valence-corrected chi connectivity index (χ3v) is 5.81. The van der Waals surface area contributed by atoms with Crippen molar-refractivity contribution in [1.82, 2.24) is 0 Å². The van der Waals surface area contributed by atoms with Gasteiger partial charge in [0.2, 0.25) is 0 Å². The highest BCUT2D eigenvalue weighted by Crippen LogP contribution is 2.29. The van der Waals surface area contributed by atoms with Gasteiger partial charge in [-0.15, -0.1) is 0 Å². The van der Waals surface area contributed by atoms with Crippen LogP contribution in [0.2, 0.25) is 0 Å². The average molecular weight is 488 g/mol. The Morgan fingerprint density at radius 3 is 2.13 bits per heavy atom. The van der Waals surface area contributed by atoms with Crippen LogP contribution >= 0.6 is 15.9 Å². The molecule has 0 unspecified atom stereocenters. The molecule has 0 heterocycles. The molecule has 2 aromatic rings. The van der Waals surface area contributed by atoms with Crippen LogP contribution in [0.1, 0.15) is 87.1 Å². The molecule has 31 heavy (non-hydrogen) atoms. The number of carbonyl (C=O) groups is 1. The molecule has 0 fully saturated rings. The largest absolute Gasteiger partial charge is 0.492 e. The van der Waals surface area contributed by atoms with E-state index in [2.05, 4.69) is 27.8 Å². The molecule has 0 saturated carbocycles. The number of carboxylic acid groups (broad SMARTS) is 1. The van der Waals surface area contributed by atoms with Crippen molar-refractivity contribution in [2.45, 2.75) is 71.1 Å². The lowest BCUT2D eigenvalue weighted by atomic mass is 10.1. The first-order valence-electron chi connectivity index (χ1n) is 11.4. The summed E-state index contributed by atoms with van der Waals surface area (Å²) in [6.07, 6.45) is 14.9. The van der Waals surface area contributed by atoms with E-state index in [-0.39, 0.29) is 5.56 Å². The summed E-state index contributed by atoms with van der Waals surface area (Å²) in [5.41, 5.74) is 1.92. The van der Waals surface area contributed by atoms with Crippen LogP contribution in [0.4, 0.5) is 5.69 Å². The standard InChI is InChI=1S/C26H34BrNO3/c1-2-3-4-5-6-7-8-9-10-11-18-31-25-17-16-23(19-24(25)27)28-20-21-12-14-22(15-13-21)26(29)30/h12-17,19-20H,2-11,18H2,1H3,(H,29,30). The first kappa shape index (κ1) is 25.1. The molecule has 2 aromatic carbocycles. The number of halogens is 1. The number of nitrogens with zero attached hydrogens (tertiary/aromatic N) is 1. The van der Waals surface area contributed by atoms with E-state index in [0.29, 0.717) is 0 Å². The first-order valence-corrected chi connectivity index (χ1v) is 12.2. The normalized spacial score (nSPS) is 11.2. The van der Waals surface area contributed by atoms with Gasteiger partial charge >= 0.3 is 5.97 Å². The maximum absolute atomic E-state index is 10.9. The van der Waals surface area contributed by atoms with Crippen molar-refractivity contribution >= 4 is 33.8 Å². The van der Waals surface area contributed by atoms with E-state index in [1.54, 1.807) is 30.5 Å². The minimum atomic E-state index is -0.930. The van der Waals surface area contributed by atoms with Crippen LogP contribution in [0, 0.1) is 0 Å². The Morgan fingerprint density at radius 1 is 0.935 bits per heavy atom. The molecule has 0 radical (unpaired) electrons. The predicted octanol–water partition coefficient (Wildman–Crippen LogP) is 8.20. The summed E-state index contributed by atoms with van der Waals surface area (Å²) in [7, 11) is 0. The summed E-state index contributed by atoms with van der Waals surface area (Å²) in [5.74, 6) is -0.0958. The highest BCUT2D eigenvalue weighted by atomic mass is 79.9. The molecule has 2 rings (SSSR count). The molecule has 0 aliphatic rings. The van der Waals surface area contributed by atoms with Crippen LogP contribution < -0.4 is 4.74 Å². The summed E-state index contributed by atoms with van der Waals surface area (Å²) < 4.78 is 6.79. The maximum Gasteiger partial charge on any atom is 0.335 e. The van der Waals surface area contributed by atoms with Crippen molar-refractivity contribution in [3.05, 3.63) is 58.1 Å². The summed E-state index contributed by atoms with van der Waals surface area (Å²) in [5, 5.41) is 8.95. The number of ether oxygens (including phenoxy) is 1. The zero-order valence-corrected chi connectivity index (χ0v) is 20.1. The van der Waals surface area contributed by atoms with Crippen LogP contribution in [0.3, 0.4) is 0 Å². The third-order valence-electron chi connectivity index (χ3n) is 5.19. The van der Waals surface area contributed by atoms with Gasteiger partial charge in [-0.1, -0.05) is 76.8 Å². The van der Waals surface area contributed by atoms with Gasteiger partial charge in [0.25, 0.3) is 0 Å². The van der Waals surface area contributed by atoms with Gasteiger partial charge in [-0.05, 0) is 58.2 Å². The van der Waals surface area contributed by atoms with E-state index in [4.69, 9.17) is 9.84 Å². The predicted molar refractivity (Wildman–Crippen MR) is 132 cm³/mol. The van der Waals surface area contributed by atoms with E-state index >= 15 is 0 Å². The second kappa shape index (κ2) is 14.8. The smallest absolute Gasteiger partial charge is 0.335 e. The van der Waals surface area contributed by atoms with Crippen LogP contribution in [-0.2, 0) is 0 Å². The number of benzene rings is 2. The molecule has 1 N–H and O–H groups in total. The van der Waals surface area contributed by atoms with Gasteiger partial charge in [-0.2, -0.15) is 0 Å². The fourth-order valence-corrected chi connectivity index (χ4v) is 3.80. The van der Waals surface area contributed by atoms with Gasteiger partial charge in [-0.25, -0.2) is 4.79 Å². The highest BCUT2D eigenvalue weighted by Gasteiger charge is 2.03. The van der Waals surface area contributed by atoms with Gasteiger partial charge < -0.3 is 9.84 Å². The van der Waals surface area contributed by atoms with Crippen molar-refractivity contribution < 1.29 is 14.6 Å². The van der Waals surface area contributed by atoms with Crippen LogP contribution in [0.15, 0.2) is 51.9 Å². The third kappa shape index (κ3) is 10.1. The molecule has 0 aliphatic carbocycles. The average Bonchev–Trinajstić information content (AvgIpc) is 2.77. The molecular weight excluding hydrogens is 454 g/mol. The molecule has 0 bridgehead atoms. The second-order valence-electron chi connectivity index (χ2n) is 7.83. The van der Waals surface area contributed by atoms with Crippen molar-refractivity contribution in [3.8, 4) is 5.75 Å². The molecule has 0 spiro atoms. The van der Waals surface area contributed by atoms with Gasteiger partial charge in [0.1, 0.15) is 5.75 Å². The molecule has 0 amide bonds. The van der Waals surface area contributed by atoms with Gasteiger partial charge in [-0.3, -0.25) is 4.99 Å². The second-order valence-corrected chi connectivity index (χ2v) is 8.68. The van der Waals surface area contributed by atoms with E-state index in [1.807, 2.05) is 18.2 Å². The van der Waals surface area contributed by atoms with Crippen molar-refractivity contribution in [1.29, 1.82) is 0 Å². The molecular formula is C26H34BrNO3.